The average Bonchev–Trinajstić information content (AvgIpc) is 3.35. The molecule has 2 aromatic heterocycles. The number of carbonyl (C=O) groups is 1. The van der Waals surface area contributed by atoms with E-state index >= 15 is 0 Å². The van der Waals surface area contributed by atoms with Gasteiger partial charge in [0.1, 0.15) is 6.33 Å². The van der Waals surface area contributed by atoms with Crippen LogP contribution < -0.4 is 5.32 Å². The molecule has 3 aromatic rings. The van der Waals surface area contributed by atoms with Crippen molar-refractivity contribution in [3.8, 4) is 11.4 Å². The number of nitrogens with one attached hydrogen (secondary N) is 1. The summed E-state index contributed by atoms with van der Waals surface area (Å²) in [5.74, 6) is 0.926. The molecule has 8 nitrogen and oxygen atoms in total. The largest absolute Gasteiger partial charge is 0.348 e. The van der Waals surface area contributed by atoms with E-state index in [-0.39, 0.29) is 23.4 Å². The molecule has 8 heteroatoms. The first kappa shape index (κ1) is 20.2. The van der Waals surface area contributed by atoms with E-state index in [1.54, 1.807) is 12.4 Å². The number of rotatable bonds is 4. The highest BCUT2D eigenvalue weighted by Crippen LogP contribution is 2.31. The van der Waals surface area contributed by atoms with Crippen LogP contribution in [0.1, 0.15) is 55.0 Å². The number of benzene rings is 1. The molecular weight excluding hydrogens is 380 g/mol. The summed E-state index contributed by atoms with van der Waals surface area (Å²) < 4.78 is 5.49. The lowest BCUT2D eigenvalue weighted by molar-refractivity contribution is 0.0938. The Bertz CT molecular complexity index is 1010. The molecule has 0 aliphatic carbocycles. The standard InChI is InChI=1S/C22H26N6O2/c1-22(2,3)16-7-5-14(6-8-16)20(29)25-17-9-18(28(4)12-17)21-26-19(27-30-21)15-10-23-13-24-11-15/h5-8,10-11,13,17-18H,9,12H2,1-4H3,(H,25,29)/t17-,18+/m1/s1. The summed E-state index contributed by atoms with van der Waals surface area (Å²) in [4.78, 5) is 27.3. The molecule has 156 valence electrons. The second-order valence-electron chi connectivity index (χ2n) is 8.77. The van der Waals surface area contributed by atoms with Crippen molar-refractivity contribution in [3.63, 3.8) is 0 Å². The van der Waals surface area contributed by atoms with Crippen LogP contribution in [-0.4, -0.2) is 50.5 Å². The quantitative estimate of drug-likeness (QED) is 0.711. The number of amides is 1. The summed E-state index contributed by atoms with van der Waals surface area (Å²) in [5.41, 5.74) is 2.64. The number of hydrogen-bond donors (Lipinski definition) is 1. The smallest absolute Gasteiger partial charge is 0.251 e. The van der Waals surface area contributed by atoms with Gasteiger partial charge in [-0.1, -0.05) is 38.1 Å². The highest BCUT2D eigenvalue weighted by molar-refractivity contribution is 5.94. The van der Waals surface area contributed by atoms with E-state index in [1.165, 1.54) is 11.9 Å². The minimum absolute atomic E-state index is 0.00482. The first-order valence-corrected chi connectivity index (χ1v) is 10.0. The van der Waals surface area contributed by atoms with Crippen LogP contribution in [0.25, 0.3) is 11.4 Å². The van der Waals surface area contributed by atoms with Crippen molar-refractivity contribution in [3.05, 3.63) is 60.0 Å². The molecule has 0 radical (unpaired) electrons. The van der Waals surface area contributed by atoms with Crippen molar-refractivity contribution >= 4 is 5.91 Å². The number of likely N-dealkylation sites (N-methyl/N-ethyl adjacent to an activating group) is 1. The van der Waals surface area contributed by atoms with Gasteiger partial charge in [-0.05, 0) is 36.6 Å². The van der Waals surface area contributed by atoms with Crippen LogP contribution in [0.2, 0.25) is 0 Å². The van der Waals surface area contributed by atoms with E-state index < -0.39 is 0 Å². The third kappa shape index (κ3) is 4.23. The molecule has 0 unspecified atom stereocenters. The van der Waals surface area contributed by atoms with Gasteiger partial charge in [-0.3, -0.25) is 9.69 Å². The van der Waals surface area contributed by atoms with Gasteiger partial charge in [0, 0.05) is 30.5 Å². The van der Waals surface area contributed by atoms with Gasteiger partial charge in [-0.15, -0.1) is 0 Å². The Balaban J connectivity index is 1.41. The van der Waals surface area contributed by atoms with Crippen molar-refractivity contribution in [2.45, 2.75) is 44.7 Å². The van der Waals surface area contributed by atoms with E-state index in [9.17, 15) is 4.79 Å². The molecule has 0 saturated carbocycles. The fourth-order valence-electron chi connectivity index (χ4n) is 3.69. The van der Waals surface area contributed by atoms with Crippen molar-refractivity contribution < 1.29 is 9.32 Å². The zero-order valence-electron chi connectivity index (χ0n) is 17.7. The van der Waals surface area contributed by atoms with Gasteiger partial charge in [0.15, 0.2) is 0 Å². The lowest BCUT2D eigenvalue weighted by Crippen LogP contribution is -2.36. The number of hydrogen-bond acceptors (Lipinski definition) is 7. The third-order valence-electron chi connectivity index (χ3n) is 5.44. The second-order valence-corrected chi connectivity index (χ2v) is 8.77. The van der Waals surface area contributed by atoms with Crippen LogP contribution in [-0.2, 0) is 5.41 Å². The van der Waals surface area contributed by atoms with E-state index in [4.69, 9.17) is 4.52 Å². The fraction of sp³-hybridized carbons (Fsp3) is 0.409. The summed E-state index contributed by atoms with van der Waals surface area (Å²) in [6, 6.07) is 7.77. The van der Waals surface area contributed by atoms with Crippen molar-refractivity contribution in [1.82, 2.24) is 30.3 Å². The van der Waals surface area contributed by atoms with E-state index in [0.717, 1.165) is 0 Å². The first-order valence-electron chi connectivity index (χ1n) is 10.0. The average molecular weight is 406 g/mol. The Morgan fingerprint density at radius 3 is 2.53 bits per heavy atom. The predicted octanol–water partition coefficient (Wildman–Crippen LogP) is 3.00. The molecule has 2 atom stereocenters. The molecule has 1 amide bonds. The van der Waals surface area contributed by atoms with Gasteiger partial charge >= 0.3 is 0 Å². The summed E-state index contributed by atoms with van der Waals surface area (Å²) in [6.45, 7) is 7.18. The van der Waals surface area contributed by atoms with Crippen molar-refractivity contribution in [2.75, 3.05) is 13.6 Å². The number of carbonyl (C=O) groups excluding carboxylic acids is 1. The van der Waals surface area contributed by atoms with Gasteiger partial charge in [-0.25, -0.2) is 9.97 Å². The summed E-state index contributed by atoms with van der Waals surface area (Å²) in [5, 5.41) is 7.18. The summed E-state index contributed by atoms with van der Waals surface area (Å²) >= 11 is 0. The van der Waals surface area contributed by atoms with Crippen LogP contribution in [0.3, 0.4) is 0 Å². The minimum atomic E-state index is -0.0674. The zero-order valence-corrected chi connectivity index (χ0v) is 17.7. The van der Waals surface area contributed by atoms with Gasteiger partial charge < -0.3 is 9.84 Å². The van der Waals surface area contributed by atoms with E-state index in [2.05, 4.69) is 51.1 Å². The van der Waals surface area contributed by atoms with Crippen LogP contribution in [0.5, 0.6) is 0 Å². The van der Waals surface area contributed by atoms with Crippen molar-refractivity contribution in [1.29, 1.82) is 0 Å². The Morgan fingerprint density at radius 2 is 1.87 bits per heavy atom. The van der Waals surface area contributed by atoms with Crippen molar-refractivity contribution in [2.24, 2.45) is 0 Å². The monoisotopic (exact) mass is 406 g/mol. The molecule has 1 N–H and O–H groups in total. The normalized spacial score (nSPS) is 19.7. The second kappa shape index (κ2) is 7.95. The van der Waals surface area contributed by atoms with Crippen LogP contribution in [0, 0.1) is 0 Å². The number of nitrogens with zero attached hydrogens (tertiary/aromatic N) is 5. The van der Waals surface area contributed by atoms with Gasteiger partial charge in [0.2, 0.25) is 11.7 Å². The predicted molar refractivity (Wildman–Crippen MR) is 112 cm³/mol. The lowest BCUT2D eigenvalue weighted by Gasteiger charge is -2.19. The Morgan fingerprint density at radius 1 is 1.17 bits per heavy atom. The maximum absolute atomic E-state index is 12.7. The molecule has 0 spiro atoms. The maximum atomic E-state index is 12.7. The molecule has 1 aliphatic heterocycles. The molecule has 1 aliphatic rings. The molecule has 1 aromatic carbocycles. The summed E-state index contributed by atoms with van der Waals surface area (Å²) in [7, 11) is 1.99. The lowest BCUT2D eigenvalue weighted by atomic mass is 9.86. The van der Waals surface area contributed by atoms with E-state index in [1.807, 2.05) is 31.3 Å². The third-order valence-corrected chi connectivity index (χ3v) is 5.44. The molecule has 1 saturated heterocycles. The molecular formula is C22H26N6O2. The number of aromatic nitrogens is 4. The van der Waals surface area contributed by atoms with Crippen LogP contribution >= 0.6 is 0 Å². The molecule has 4 rings (SSSR count). The number of likely N-dealkylation sites (tertiary alicyclic amines) is 1. The molecule has 30 heavy (non-hydrogen) atoms. The topological polar surface area (TPSA) is 97.0 Å². The van der Waals surface area contributed by atoms with Gasteiger partial charge in [0.05, 0.1) is 11.6 Å². The fourth-order valence-corrected chi connectivity index (χ4v) is 3.69. The van der Waals surface area contributed by atoms with Gasteiger partial charge in [-0.2, -0.15) is 4.98 Å². The first-order chi connectivity index (χ1) is 14.3. The zero-order chi connectivity index (χ0) is 21.3. The minimum Gasteiger partial charge on any atom is -0.348 e. The highest BCUT2D eigenvalue weighted by atomic mass is 16.5. The summed E-state index contributed by atoms with van der Waals surface area (Å²) in [6.07, 6.45) is 5.45. The van der Waals surface area contributed by atoms with Gasteiger partial charge in [0.25, 0.3) is 5.91 Å². The Hall–Kier alpha value is -3.13. The van der Waals surface area contributed by atoms with E-state index in [0.29, 0.717) is 35.8 Å². The molecule has 1 fully saturated rings. The Labute approximate surface area is 175 Å². The van der Waals surface area contributed by atoms with Crippen LogP contribution in [0.4, 0.5) is 0 Å². The maximum Gasteiger partial charge on any atom is 0.251 e. The molecule has 3 heterocycles. The SMILES string of the molecule is CN1C[C@H](NC(=O)c2ccc(C(C)(C)C)cc2)C[C@H]1c1nc(-c2cncnc2)no1. The highest BCUT2D eigenvalue weighted by Gasteiger charge is 2.35. The molecule has 0 bridgehead atoms. The Kier molecular flexibility index (Phi) is 5.34. The van der Waals surface area contributed by atoms with Crippen LogP contribution in [0.15, 0.2) is 47.5 Å².